The van der Waals surface area contributed by atoms with Gasteiger partial charge in [-0.15, -0.1) is 11.3 Å². The summed E-state index contributed by atoms with van der Waals surface area (Å²) < 4.78 is 0. The molecule has 1 heterocycles. The van der Waals surface area contributed by atoms with Crippen molar-refractivity contribution in [2.45, 2.75) is 46.1 Å². The van der Waals surface area contributed by atoms with E-state index in [0.29, 0.717) is 0 Å². The molecule has 1 atom stereocenters. The molecule has 0 bridgehead atoms. The highest BCUT2D eigenvalue weighted by molar-refractivity contribution is 7.12. The third-order valence-electron chi connectivity index (χ3n) is 3.65. The van der Waals surface area contributed by atoms with Gasteiger partial charge in [0.15, 0.2) is 0 Å². The molecule has 0 amide bonds. The molecule has 0 fully saturated rings. The number of hydrogen-bond donors (Lipinski definition) is 1. The number of thiophene rings is 1. The van der Waals surface area contributed by atoms with Gasteiger partial charge in [-0.2, -0.15) is 0 Å². The first-order valence-electron chi connectivity index (χ1n) is 6.72. The zero-order chi connectivity index (χ0) is 14.2. The van der Waals surface area contributed by atoms with E-state index in [4.69, 9.17) is 5.73 Å². The smallest absolute Gasteiger partial charge is 0.0648 e. The third kappa shape index (κ3) is 2.90. The van der Waals surface area contributed by atoms with Crippen molar-refractivity contribution >= 4 is 11.3 Å². The van der Waals surface area contributed by atoms with Crippen LogP contribution in [0.25, 0.3) is 0 Å². The molecule has 102 valence electrons. The average molecular weight is 273 g/mol. The minimum absolute atomic E-state index is 0.0130. The monoisotopic (exact) mass is 273 g/mol. The Hall–Kier alpha value is -1.12. The quantitative estimate of drug-likeness (QED) is 0.842. The van der Waals surface area contributed by atoms with E-state index in [2.05, 4.69) is 65.0 Å². The molecule has 0 saturated carbocycles. The molecule has 1 aromatic heterocycles. The Balaban J connectivity index is 2.37. The van der Waals surface area contributed by atoms with Crippen molar-refractivity contribution in [2.75, 3.05) is 0 Å². The van der Waals surface area contributed by atoms with E-state index in [1.807, 2.05) is 11.3 Å². The lowest BCUT2D eigenvalue weighted by atomic mass is 9.94. The highest BCUT2D eigenvalue weighted by atomic mass is 32.1. The maximum Gasteiger partial charge on any atom is 0.0648 e. The second-order valence-corrected chi connectivity index (χ2v) is 7.33. The summed E-state index contributed by atoms with van der Waals surface area (Å²) in [6, 6.07) is 10.8. The molecule has 2 N–H and O–H groups in total. The van der Waals surface area contributed by atoms with Crippen molar-refractivity contribution in [2.24, 2.45) is 5.73 Å². The van der Waals surface area contributed by atoms with E-state index < -0.39 is 0 Å². The molecule has 0 spiro atoms. The fraction of sp³-hybridized carbons (Fsp3) is 0.412. The van der Waals surface area contributed by atoms with Gasteiger partial charge in [0, 0.05) is 9.75 Å². The highest BCUT2D eigenvalue weighted by Gasteiger charge is 2.19. The van der Waals surface area contributed by atoms with Crippen molar-refractivity contribution < 1.29 is 0 Å². The molecule has 1 aromatic carbocycles. The summed E-state index contributed by atoms with van der Waals surface area (Å²) in [5.74, 6) is 0. The number of benzene rings is 1. The second kappa shape index (κ2) is 5.10. The van der Waals surface area contributed by atoms with Crippen LogP contribution in [-0.4, -0.2) is 0 Å². The molecule has 0 saturated heterocycles. The zero-order valence-electron chi connectivity index (χ0n) is 12.4. The van der Waals surface area contributed by atoms with E-state index in [1.165, 1.54) is 26.4 Å². The number of nitrogens with two attached hydrogens (primary N) is 1. The van der Waals surface area contributed by atoms with Gasteiger partial charge in [-0.05, 0) is 48.1 Å². The number of hydrogen-bond acceptors (Lipinski definition) is 2. The van der Waals surface area contributed by atoms with Crippen LogP contribution in [0.3, 0.4) is 0 Å². The first-order valence-corrected chi connectivity index (χ1v) is 7.54. The van der Waals surface area contributed by atoms with E-state index >= 15 is 0 Å². The molecule has 1 nitrogen and oxygen atoms in total. The van der Waals surface area contributed by atoms with Crippen LogP contribution in [0.5, 0.6) is 0 Å². The van der Waals surface area contributed by atoms with Crippen LogP contribution >= 0.6 is 11.3 Å². The lowest BCUT2D eigenvalue weighted by Gasteiger charge is -2.17. The largest absolute Gasteiger partial charge is 0.320 e. The Bertz CT molecular complexity index is 575. The van der Waals surface area contributed by atoms with Gasteiger partial charge in [0.2, 0.25) is 0 Å². The van der Waals surface area contributed by atoms with Gasteiger partial charge >= 0.3 is 0 Å². The van der Waals surface area contributed by atoms with Crippen LogP contribution in [0.2, 0.25) is 0 Å². The second-order valence-electron chi connectivity index (χ2n) is 6.22. The van der Waals surface area contributed by atoms with Crippen molar-refractivity contribution in [3.63, 3.8) is 0 Å². The van der Waals surface area contributed by atoms with Gasteiger partial charge in [0.1, 0.15) is 0 Å². The summed E-state index contributed by atoms with van der Waals surface area (Å²) in [6.07, 6.45) is 0. The van der Waals surface area contributed by atoms with Gasteiger partial charge in [-0.25, -0.2) is 0 Å². The Morgan fingerprint density at radius 3 is 2.32 bits per heavy atom. The Labute approximate surface area is 120 Å². The molecular weight excluding hydrogens is 250 g/mol. The maximum absolute atomic E-state index is 6.45. The molecule has 0 aliphatic rings. The molecule has 2 aromatic rings. The van der Waals surface area contributed by atoms with Crippen LogP contribution in [0.1, 0.15) is 53.3 Å². The number of rotatable bonds is 2. The van der Waals surface area contributed by atoms with Crippen LogP contribution in [0.4, 0.5) is 0 Å². The molecule has 0 radical (unpaired) electrons. The summed E-state index contributed by atoms with van der Waals surface area (Å²) in [6.45, 7) is 11.0. The topological polar surface area (TPSA) is 26.0 Å². The molecule has 2 heteroatoms. The summed E-state index contributed by atoms with van der Waals surface area (Å²) in [7, 11) is 0. The van der Waals surface area contributed by atoms with E-state index in [9.17, 15) is 0 Å². The fourth-order valence-electron chi connectivity index (χ4n) is 2.19. The molecule has 1 unspecified atom stereocenters. The van der Waals surface area contributed by atoms with Crippen LogP contribution in [-0.2, 0) is 5.41 Å². The van der Waals surface area contributed by atoms with Gasteiger partial charge in [0.05, 0.1) is 6.04 Å². The van der Waals surface area contributed by atoms with Crippen LogP contribution in [0.15, 0.2) is 30.3 Å². The van der Waals surface area contributed by atoms with Gasteiger partial charge < -0.3 is 5.73 Å². The summed E-state index contributed by atoms with van der Waals surface area (Å²) in [5.41, 5.74) is 10.5. The minimum Gasteiger partial charge on any atom is -0.320 e. The molecule has 0 aliphatic heterocycles. The standard InChI is InChI=1S/C17H23NS/c1-11-7-6-8-13(12(11)2)16(18)14-9-10-15(19-14)17(3,4)5/h6-10,16H,18H2,1-5H3. The lowest BCUT2D eigenvalue weighted by Crippen LogP contribution is -2.12. The summed E-state index contributed by atoms with van der Waals surface area (Å²) in [4.78, 5) is 2.64. The summed E-state index contributed by atoms with van der Waals surface area (Å²) in [5, 5.41) is 0. The Morgan fingerprint density at radius 1 is 1.05 bits per heavy atom. The molecular formula is C17H23NS. The highest BCUT2D eigenvalue weighted by Crippen LogP contribution is 2.34. The predicted molar refractivity (Wildman–Crippen MR) is 85.0 cm³/mol. The van der Waals surface area contributed by atoms with Crippen molar-refractivity contribution in [3.05, 3.63) is 56.8 Å². The van der Waals surface area contributed by atoms with Gasteiger partial charge in [0.25, 0.3) is 0 Å². The van der Waals surface area contributed by atoms with Crippen molar-refractivity contribution in [1.82, 2.24) is 0 Å². The fourth-order valence-corrected chi connectivity index (χ4v) is 3.27. The average Bonchev–Trinajstić information content (AvgIpc) is 2.81. The summed E-state index contributed by atoms with van der Waals surface area (Å²) >= 11 is 1.83. The molecule has 19 heavy (non-hydrogen) atoms. The van der Waals surface area contributed by atoms with Gasteiger partial charge in [-0.3, -0.25) is 0 Å². The third-order valence-corrected chi connectivity index (χ3v) is 5.25. The maximum atomic E-state index is 6.45. The number of aryl methyl sites for hydroxylation is 1. The van der Waals surface area contributed by atoms with Crippen molar-refractivity contribution in [1.29, 1.82) is 0 Å². The Kier molecular flexibility index (Phi) is 3.84. The van der Waals surface area contributed by atoms with Crippen molar-refractivity contribution in [3.8, 4) is 0 Å². The van der Waals surface area contributed by atoms with Crippen LogP contribution in [0, 0.1) is 13.8 Å². The lowest BCUT2D eigenvalue weighted by molar-refractivity contribution is 0.604. The predicted octanol–water partition coefficient (Wildman–Crippen LogP) is 4.71. The minimum atomic E-state index is -0.0130. The first kappa shape index (κ1) is 14.3. The zero-order valence-corrected chi connectivity index (χ0v) is 13.3. The van der Waals surface area contributed by atoms with Crippen LogP contribution < -0.4 is 5.73 Å². The van der Waals surface area contributed by atoms with Gasteiger partial charge in [-0.1, -0.05) is 39.0 Å². The first-order chi connectivity index (χ1) is 8.80. The van der Waals surface area contributed by atoms with E-state index in [0.717, 1.165) is 0 Å². The molecule has 0 aliphatic carbocycles. The Morgan fingerprint density at radius 2 is 1.74 bits per heavy atom. The van der Waals surface area contributed by atoms with E-state index in [-0.39, 0.29) is 11.5 Å². The molecule has 2 rings (SSSR count). The normalized spacial score (nSPS) is 13.6. The SMILES string of the molecule is Cc1cccc(C(N)c2ccc(C(C)(C)C)s2)c1C. The van der Waals surface area contributed by atoms with E-state index in [1.54, 1.807) is 0 Å².